The fourth-order valence-corrected chi connectivity index (χ4v) is 3.77. The minimum atomic E-state index is -1.15. The zero-order chi connectivity index (χ0) is 18.2. The third-order valence-corrected chi connectivity index (χ3v) is 5.21. The Labute approximate surface area is 153 Å². The SMILES string of the molecule is CCC(O)CNC(=O)Nc1snc(SCc2ccccc2)c1C(=O)O. The van der Waals surface area contributed by atoms with Crippen molar-refractivity contribution in [2.45, 2.75) is 30.2 Å². The molecule has 9 heteroatoms. The molecule has 0 aliphatic rings. The number of aliphatic hydroxyl groups excluding tert-OH is 1. The van der Waals surface area contributed by atoms with E-state index >= 15 is 0 Å². The van der Waals surface area contributed by atoms with Crippen molar-refractivity contribution in [3.8, 4) is 0 Å². The molecule has 1 aromatic heterocycles. The van der Waals surface area contributed by atoms with Crippen LogP contribution in [0, 0.1) is 0 Å². The van der Waals surface area contributed by atoms with Gasteiger partial charge in [0.2, 0.25) is 0 Å². The largest absolute Gasteiger partial charge is 0.477 e. The molecule has 1 atom stereocenters. The van der Waals surface area contributed by atoms with Gasteiger partial charge in [-0.25, -0.2) is 9.59 Å². The number of urea groups is 1. The molecule has 0 bridgehead atoms. The maximum absolute atomic E-state index is 11.8. The van der Waals surface area contributed by atoms with E-state index in [0.717, 1.165) is 17.1 Å². The number of aromatic nitrogens is 1. The second-order valence-corrected chi connectivity index (χ2v) is 6.91. The average Bonchev–Trinajstić information content (AvgIpc) is 3.01. The molecule has 1 aromatic carbocycles. The van der Waals surface area contributed by atoms with Crippen LogP contribution in [0.4, 0.5) is 9.80 Å². The van der Waals surface area contributed by atoms with Crippen LogP contribution in [-0.4, -0.2) is 39.2 Å². The molecule has 2 aromatic rings. The molecular weight excluding hydrogens is 362 g/mol. The lowest BCUT2D eigenvalue weighted by Crippen LogP contribution is -2.35. The Hall–Kier alpha value is -2.10. The van der Waals surface area contributed by atoms with Gasteiger partial charge in [-0.1, -0.05) is 49.0 Å². The van der Waals surface area contributed by atoms with Crippen molar-refractivity contribution in [3.63, 3.8) is 0 Å². The first kappa shape index (κ1) is 19.2. The maximum atomic E-state index is 11.8. The van der Waals surface area contributed by atoms with Crippen molar-refractivity contribution < 1.29 is 19.8 Å². The van der Waals surface area contributed by atoms with E-state index in [1.165, 1.54) is 11.8 Å². The maximum Gasteiger partial charge on any atom is 0.341 e. The molecule has 0 saturated heterocycles. The summed E-state index contributed by atoms with van der Waals surface area (Å²) in [6.45, 7) is 1.89. The summed E-state index contributed by atoms with van der Waals surface area (Å²) in [4.78, 5) is 23.4. The van der Waals surface area contributed by atoms with Gasteiger partial charge in [-0.15, -0.1) is 0 Å². The van der Waals surface area contributed by atoms with Crippen LogP contribution in [0.2, 0.25) is 0 Å². The summed E-state index contributed by atoms with van der Waals surface area (Å²) in [7, 11) is 0. The quantitative estimate of drug-likeness (QED) is 0.523. The van der Waals surface area contributed by atoms with Gasteiger partial charge < -0.3 is 15.5 Å². The molecule has 0 spiro atoms. The molecule has 7 nitrogen and oxygen atoms in total. The van der Waals surface area contributed by atoms with E-state index in [0.29, 0.717) is 17.2 Å². The lowest BCUT2D eigenvalue weighted by Gasteiger charge is -2.10. The van der Waals surface area contributed by atoms with Crippen molar-refractivity contribution >= 4 is 40.3 Å². The second-order valence-electron chi connectivity index (χ2n) is 5.17. The molecule has 2 amide bonds. The van der Waals surface area contributed by atoms with E-state index in [2.05, 4.69) is 15.0 Å². The Morgan fingerprint density at radius 2 is 2.04 bits per heavy atom. The number of hydrogen-bond donors (Lipinski definition) is 4. The fourth-order valence-electron chi connectivity index (χ4n) is 1.88. The van der Waals surface area contributed by atoms with Crippen LogP contribution in [0.15, 0.2) is 35.4 Å². The van der Waals surface area contributed by atoms with E-state index in [1.807, 2.05) is 30.3 Å². The Morgan fingerprint density at radius 1 is 1.32 bits per heavy atom. The van der Waals surface area contributed by atoms with E-state index in [1.54, 1.807) is 6.92 Å². The summed E-state index contributed by atoms with van der Waals surface area (Å²) < 4.78 is 4.15. The summed E-state index contributed by atoms with van der Waals surface area (Å²) in [5, 5.41) is 24.4. The third-order valence-electron chi connectivity index (χ3n) is 3.29. The fraction of sp³-hybridized carbons (Fsp3) is 0.312. The summed E-state index contributed by atoms with van der Waals surface area (Å²) >= 11 is 2.23. The Bertz CT molecular complexity index is 721. The van der Waals surface area contributed by atoms with Gasteiger partial charge in [-0.3, -0.25) is 5.32 Å². The van der Waals surface area contributed by atoms with Gasteiger partial charge in [-0.2, -0.15) is 4.37 Å². The lowest BCUT2D eigenvalue weighted by atomic mass is 10.2. The summed E-state index contributed by atoms with van der Waals surface area (Å²) in [6.07, 6.45) is -0.121. The van der Waals surface area contributed by atoms with E-state index in [4.69, 9.17) is 0 Å². The molecule has 0 aliphatic heterocycles. The van der Waals surface area contributed by atoms with Crippen molar-refractivity contribution in [3.05, 3.63) is 41.5 Å². The monoisotopic (exact) mass is 381 g/mol. The zero-order valence-corrected chi connectivity index (χ0v) is 15.2. The Morgan fingerprint density at radius 3 is 2.68 bits per heavy atom. The van der Waals surface area contributed by atoms with E-state index in [-0.39, 0.29) is 17.1 Å². The number of amides is 2. The van der Waals surface area contributed by atoms with Crippen LogP contribution >= 0.6 is 23.3 Å². The van der Waals surface area contributed by atoms with Crippen LogP contribution in [0.5, 0.6) is 0 Å². The number of nitrogens with one attached hydrogen (secondary N) is 2. The van der Waals surface area contributed by atoms with Gasteiger partial charge in [-0.05, 0) is 23.5 Å². The van der Waals surface area contributed by atoms with Crippen LogP contribution in [-0.2, 0) is 5.75 Å². The van der Waals surface area contributed by atoms with Gasteiger partial charge in [0.1, 0.15) is 15.6 Å². The molecule has 0 saturated carbocycles. The minimum absolute atomic E-state index is 0.0166. The highest BCUT2D eigenvalue weighted by Crippen LogP contribution is 2.33. The minimum Gasteiger partial charge on any atom is -0.477 e. The van der Waals surface area contributed by atoms with Crippen LogP contribution < -0.4 is 10.6 Å². The average molecular weight is 381 g/mol. The number of thioether (sulfide) groups is 1. The molecule has 134 valence electrons. The summed E-state index contributed by atoms with van der Waals surface area (Å²) in [6, 6.07) is 9.07. The topological polar surface area (TPSA) is 112 Å². The number of benzene rings is 1. The molecule has 25 heavy (non-hydrogen) atoms. The van der Waals surface area contributed by atoms with Crippen LogP contribution in [0.1, 0.15) is 29.3 Å². The standard InChI is InChI=1S/C16H19N3O4S2/c1-2-11(20)8-17-16(23)18-13-12(15(21)22)14(19-25-13)24-9-10-6-4-3-5-7-10/h3-7,11,20H,2,8-9H2,1H3,(H,21,22)(H2,17,18,23). The zero-order valence-electron chi connectivity index (χ0n) is 13.6. The molecule has 2 rings (SSSR count). The highest BCUT2D eigenvalue weighted by atomic mass is 32.2. The number of nitrogens with zero attached hydrogens (tertiary/aromatic N) is 1. The van der Waals surface area contributed by atoms with Gasteiger partial charge in [0.05, 0.1) is 6.10 Å². The Balaban J connectivity index is 2.03. The Kier molecular flexibility index (Phi) is 7.23. The van der Waals surface area contributed by atoms with Gasteiger partial charge in [0.25, 0.3) is 0 Å². The smallest absolute Gasteiger partial charge is 0.341 e. The normalized spacial score (nSPS) is 11.8. The van der Waals surface area contributed by atoms with E-state index in [9.17, 15) is 19.8 Å². The number of hydrogen-bond acceptors (Lipinski definition) is 6. The molecule has 0 radical (unpaired) electrons. The third kappa shape index (κ3) is 5.73. The predicted octanol–water partition coefficient (Wildman–Crippen LogP) is 3.03. The van der Waals surface area contributed by atoms with Crippen LogP contribution in [0.25, 0.3) is 0 Å². The van der Waals surface area contributed by atoms with Crippen molar-refractivity contribution in [2.75, 3.05) is 11.9 Å². The number of carboxylic acid groups (broad SMARTS) is 1. The lowest BCUT2D eigenvalue weighted by molar-refractivity contribution is 0.0694. The first-order chi connectivity index (χ1) is 12.0. The molecule has 1 heterocycles. The summed E-state index contributed by atoms with van der Waals surface area (Å²) in [5.74, 6) is -0.563. The highest BCUT2D eigenvalue weighted by molar-refractivity contribution is 7.98. The summed E-state index contributed by atoms with van der Waals surface area (Å²) in [5.41, 5.74) is 1.04. The second kappa shape index (κ2) is 9.40. The number of carbonyl (C=O) groups excluding carboxylic acids is 1. The molecule has 4 N–H and O–H groups in total. The predicted molar refractivity (Wildman–Crippen MR) is 98.4 cm³/mol. The molecule has 0 fully saturated rings. The van der Waals surface area contributed by atoms with Crippen molar-refractivity contribution in [1.82, 2.24) is 9.69 Å². The van der Waals surface area contributed by atoms with Gasteiger partial charge in [0, 0.05) is 12.3 Å². The molecular formula is C16H19N3O4S2. The number of aliphatic hydroxyl groups is 1. The number of aromatic carboxylic acids is 1. The van der Waals surface area contributed by atoms with Crippen LogP contribution in [0.3, 0.4) is 0 Å². The highest BCUT2D eigenvalue weighted by Gasteiger charge is 2.22. The first-order valence-corrected chi connectivity index (χ1v) is 9.39. The van der Waals surface area contributed by atoms with Crippen molar-refractivity contribution in [2.24, 2.45) is 0 Å². The van der Waals surface area contributed by atoms with E-state index < -0.39 is 18.1 Å². The molecule has 1 unspecified atom stereocenters. The molecule has 0 aliphatic carbocycles. The number of anilines is 1. The first-order valence-electron chi connectivity index (χ1n) is 7.63. The van der Waals surface area contributed by atoms with Crippen molar-refractivity contribution in [1.29, 1.82) is 0 Å². The van der Waals surface area contributed by atoms with Gasteiger partial charge >= 0.3 is 12.0 Å². The van der Waals surface area contributed by atoms with Gasteiger partial charge in [0.15, 0.2) is 0 Å². The number of carboxylic acids is 1. The number of carbonyl (C=O) groups is 2. The number of rotatable bonds is 8.